The number of rotatable bonds is 9. The van der Waals surface area contributed by atoms with Gasteiger partial charge in [-0.1, -0.05) is 45.2 Å². The minimum absolute atomic E-state index is 0.0495. The molecule has 0 aliphatic carbocycles. The minimum Gasteiger partial charge on any atom is -0.508 e. The Balaban J connectivity index is 2.90. The molecule has 0 spiro atoms. The molecule has 0 amide bonds. The van der Waals surface area contributed by atoms with Crippen molar-refractivity contribution in [1.29, 1.82) is 0 Å². The molecule has 0 saturated heterocycles. The Bertz CT molecular complexity index is 426. The van der Waals surface area contributed by atoms with Gasteiger partial charge in [0, 0.05) is 0 Å². The number of aryl methyl sites for hydroxylation is 1. The second-order valence-corrected chi connectivity index (χ2v) is 5.43. The molecule has 112 valence electrons. The van der Waals surface area contributed by atoms with Gasteiger partial charge in [-0.05, 0) is 42.4 Å². The molecule has 20 heavy (non-hydrogen) atoms. The number of carbonyl (C=O) groups is 1. The lowest BCUT2D eigenvalue weighted by molar-refractivity contribution is -0.137. The zero-order chi connectivity index (χ0) is 15.0. The van der Waals surface area contributed by atoms with E-state index in [0.29, 0.717) is 5.75 Å². The molecule has 1 atom stereocenters. The van der Waals surface area contributed by atoms with Crippen LogP contribution in [0.3, 0.4) is 0 Å². The molecule has 1 rings (SSSR count). The minimum atomic E-state index is -0.755. The highest BCUT2D eigenvalue weighted by Crippen LogP contribution is 2.30. The number of benzene rings is 1. The normalized spacial score (nSPS) is 12.3. The van der Waals surface area contributed by atoms with Crippen molar-refractivity contribution in [2.75, 3.05) is 0 Å². The van der Waals surface area contributed by atoms with E-state index < -0.39 is 5.97 Å². The number of aromatic hydroxyl groups is 1. The number of hydrogen-bond acceptors (Lipinski definition) is 2. The standard InChI is InChI=1S/C17H26O3/c1-3-5-7-13(12-17(19)20)14-9-10-16(18)15(11-14)8-6-4-2/h9-11,13,18H,3-8,12H2,1-2H3,(H,19,20). The van der Waals surface area contributed by atoms with Gasteiger partial charge in [-0.2, -0.15) is 0 Å². The second-order valence-electron chi connectivity index (χ2n) is 5.43. The van der Waals surface area contributed by atoms with Crippen LogP contribution in [-0.2, 0) is 11.2 Å². The fourth-order valence-corrected chi connectivity index (χ4v) is 2.47. The monoisotopic (exact) mass is 278 g/mol. The van der Waals surface area contributed by atoms with Crippen molar-refractivity contribution < 1.29 is 15.0 Å². The first-order valence-corrected chi connectivity index (χ1v) is 7.62. The molecule has 0 saturated carbocycles. The first kappa shape index (κ1) is 16.5. The summed E-state index contributed by atoms with van der Waals surface area (Å²) in [5, 5.41) is 18.9. The molecule has 3 nitrogen and oxygen atoms in total. The highest BCUT2D eigenvalue weighted by atomic mass is 16.4. The van der Waals surface area contributed by atoms with Gasteiger partial charge in [-0.25, -0.2) is 0 Å². The third-order valence-corrected chi connectivity index (χ3v) is 3.70. The third kappa shape index (κ3) is 5.24. The van der Waals surface area contributed by atoms with Crippen molar-refractivity contribution in [1.82, 2.24) is 0 Å². The van der Waals surface area contributed by atoms with Crippen LogP contribution in [-0.4, -0.2) is 16.2 Å². The van der Waals surface area contributed by atoms with E-state index >= 15 is 0 Å². The van der Waals surface area contributed by atoms with Crippen LogP contribution in [0.25, 0.3) is 0 Å². The molecule has 0 fully saturated rings. The highest BCUT2D eigenvalue weighted by molar-refractivity contribution is 5.68. The van der Waals surface area contributed by atoms with Crippen LogP contribution in [0.5, 0.6) is 5.75 Å². The number of unbranched alkanes of at least 4 members (excludes halogenated alkanes) is 2. The van der Waals surface area contributed by atoms with Crippen molar-refractivity contribution in [2.24, 2.45) is 0 Å². The molecule has 0 aliphatic rings. The van der Waals surface area contributed by atoms with E-state index in [-0.39, 0.29) is 12.3 Å². The lowest BCUT2D eigenvalue weighted by Crippen LogP contribution is -2.07. The molecule has 1 aromatic carbocycles. The number of aliphatic carboxylic acids is 1. The first-order valence-electron chi connectivity index (χ1n) is 7.62. The lowest BCUT2D eigenvalue weighted by atomic mass is 9.89. The first-order chi connectivity index (χ1) is 9.58. The summed E-state index contributed by atoms with van der Waals surface area (Å²) in [6.45, 7) is 4.23. The molecule has 1 unspecified atom stereocenters. The molecule has 1 aromatic rings. The van der Waals surface area contributed by atoms with Gasteiger partial charge in [0.1, 0.15) is 5.75 Å². The second kappa shape index (κ2) is 8.62. The van der Waals surface area contributed by atoms with Crippen LogP contribution in [0.2, 0.25) is 0 Å². The van der Waals surface area contributed by atoms with Gasteiger partial charge in [-0.15, -0.1) is 0 Å². The Labute approximate surface area is 121 Å². The summed E-state index contributed by atoms with van der Waals surface area (Å²) in [4.78, 5) is 11.0. The average molecular weight is 278 g/mol. The van der Waals surface area contributed by atoms with E-state index in [0.717, 1.165) is 49.7 Å². The number of phenolic OH excluding ortho intramolecular Hbond substituents is 1. The van der Waals surface area contributed by atoms with Crippen LogP contribution in [0.1, 0.15) is 69.4 Å². The van der Waals surface area contributed by atoms with Crippen LogP contribution >= 0.6 is 0 Å². The van der Waals surface area contributed by atoms with Gasteiger partial charge in [0.15, 0.2) is 0 Å². The van der Waals surface area contributed by atoms with Gasteiger partial charge in [0.25, 0.3) is 0 Å². The summed E-state index contributed by atoms with van der Waals surface area (Å²) in [6, 6.07) is 5.57. The number of carboxylic acids is 1. The van der Waals surface area contributed by atoms with E-state index in [1.807, 2.05) is 12.1 Å². The highest BCUT2D eigenvalue weighted by Gasteiger charge is 2.16. The largest absolute Gasteiger partial charge is 0.508 e. The molecule has 0 bridgehead atoms. The van der Waals surface area contributed by atoms with E-state index in [2.05, 4.69) is 13.8 Å². The molecular formula is C17H26O3. The smallest absolute Gasteiger partial charge is 0.303 e. The average Bonchev–Trinajstić information content (AvgIpc) is 2.42. The Kier molecular flexibility index (Phi) is 7.13. The van der Waals surface area contributed by atoms with Crippen molar-refractivity contribution in [2.45, 2.75) is 64.7 Å². The van der Waals surface area contributed by atoms with E-state index in [1.165, 1.54) is 0 Å². The summed E-state index contributed by atoms with van der Waals surface area (Å²) < 4.78 is 0. The fourth-order valence-electron chi connectivity index (χ4n) is 2.47. The Morgan fingerprint density at radius 1 is 1.20 bits per heavy atom. The van der Waals surface area contributed by atoms with E-state index in [4.69, 9.17) is 5.11 Å². The molecular weight excluding hydrogens is 252 g/mol. The SMILES string of the molecule is CCCCc1cc(C(CCCC)CC(=O)O)ccc1O. The third-order valence-electron chi connectivity index (χ3n) is 3.70. The Morgan fingerprint density at radius 3 is 2.50 bits per heavy atom. The van der Waals surface area contributed by atoms with Crippen molar-refractivity contribution in [3.05, 3.63) is 29.3 Å². The predicted molar refractivity (Wildman–Crippen MR) is 81.2 cm³/mol. The summed E-state index contributed by atoms with van der Waals surface area (Å²) in [5.74, 6) is -0.380. The maximum absolute atomic E-state index is 11.0. The van der Waals surface area contributed by atoms with Crippen molar-refractivity contribution in [3.63, 3.8) is 0 Å². The number of phenols is 1. The maximum atomic E-state index is 11.0. The summed E-state index contributed by atoms with van der Waals surface area (Å²) in [6.07, 6.45) is 6.12. The topological polar surface area (TPSA) is 57.5 Å². The Morgan fingerprint density at radius 2 is 1.90 bits per heavy atom. The van der Waals surface area contributed by atoms with Gasteiger partial charge in [0.05, 0.1) is 6.42 Å². The van der Waals surface area contributed by atoms with Gasteiger partial charge >= 0.3 is 5.97 Å². The predicted octanol–water partition coefficient (Wildman–Crippen LogP) is 4.48. The van der Waals surface area contributed by atoms with Gasteiger partial charge < -0.3 is 10.2 Å². The zero-order valence-electron chi connectivity index (χ0n) is 12.6. The van der Waals surface area contributed by atoms with Crippen LogP contribution < -0.4 is 0 Å². The molecule has 0 aromatic heterocycles. The van der Waals surface area contributed by atoms with Crippen LogP contribution in [0, 0.1) is 0 Å². The van der Waals surface area contributed by atoms with Crippen molar-refractivity contribution >= 4 is 5.97 Å². The molecule has 0 radical (unpaired) electrons. The number of carboxylic acid groups (broad SMARTS) is 1. The number of hydrogen-bond donors (Lipinski definition) is 2. The molecule has 3 heteroatoms. The van der Waals surface area contributed by atoms with Crippen molar-refractivity contribution in [3.8, 4) is 5.75 Å². The van der Waals surface area contributed by atoms with E-state index in [1.54, 1.807) is 6.07 Å². The zero-order valence-corrected chi connectivity index (χ0v) is 12.6. The molecule has 2 N–H and O–H groups in total. The molecule has 0 heterocycles. The lowest BCUT2D eigenvalue weighted by Gasteiger charge is -2.17. The summed E-state index contributed by atoms with van der Waals surface area (Å²) in [7, 11) is 0. The van der Waals surface area contributed by atoms with Gasteiger partial charge in [0.2, 0.25) is 0 Å². The quantitative estimate of drug-likeness (QED) is 0.700. The fraction of sp³-hybridized carbons (Fsp3) is 0.588. The van der Waals surface area contributed by atoms with E-state index in [9.17, 15) is 9.90 Å². The summed E-state index contributed by atoms with van der Waals surface area (Å²) >= 11 is 0. The molecule has 0 aliphatic heterocycles. The Hall–Kier alpha value is -1.51. The summed E-state index contributed by atoms with van der Waals surface area (Å²) in [5.41, 5.74) is 1.99. The van der Waals surface area contributed by atoms with Gasteiger partial charge in [-0.3, -0.25) is 4.79 Å². The van der Waals surface area contributed by atoms with Crippen LogP contribution in [0.4, 0.5) is 0 Å². The van der Waals surface area contributed by atoms with Crippen LogP contribution in [0.15, 0.2) is 18.2 Å². The maximum Gasteiger partial charge on any atom is 0.303 e.